The number of amidine groups is 2. The second-order valence-corrected chi connectivity index (χ2v) is 10.5. The molecule has 8 nitrogen and oxygen atoms in total. The fraction of sp³-hybridized carbons (Fsp3) is 0.312. The zero-order valence-electron chi connectivity index (χ0n) is 23.2. The Balaban J connectivity index is 1.24. The molecule has 2 aliphatic heterocycles. The highest BCUT2D eigenvalue weighted by Crippen LogP contribution is 2.25. The predicted molar refractivity (Wildman–Crippen MR) is 158 cm³/mol. The molecule has 0 bridgehead atoms. The number of amides is 1. The molecule has 0 aromatic heterocycles. The SMILES string of the molecule is Cc1ccc(C(=O)N2CCN(C(=N)c3ccccc3)C(=N)C2)c(C)c1CN1CCN(c2ccccc2C#N)CC1. The van der Waals surface area contributed by atoms with Crippen molar-refractivity contribution in [3.8, 4) is 6.07 Å². The molecule has 8 heteroatoms. The van der Waals surface area contributed by atoms with Crippen molar-refractivity contribution < 1.29 is 4.79 Å². The van der Waals surface area contributed by atoms with Crippen LogP contribution in [-0.4, -0.2) is 78.1 Å². The van der Waals surface area contributed by atoms with Crippen LogP contribution in [0.2, 0.25) is 0 Å². The molecule has 3 aromatic carbocycles. The lowest BCUT2D eigenvalue weighted by molar-refractivity contribution is 0.0756. The molecule has 1 amide bonds. The van der Waals surface area contributed by atoms with Gasteiger partial charge in [0.05, 0.1) is 17.8 Å². The summed E-state index contributed by atoms with van der Waals surface area (Å²) < 4.78 is 0. The number of benzene rings is 3. The molecule has 0 saturated carbocycles. The maximum absolute atomic E-state index is 13.6. The average molecular weight is 534 g/mol. The van der Waals surface area contributed by atoms with Gasteiger partial charge in [0.1, 0.15) is 17.7 Å². The molecule has 2 saturated heterocycles. The summed E-state index contributed by atoms with van der Waals surface area (Å²) in [5.74, 6) is 0.490. The van der Waals surface area contributed by atoms with E-state index in [0.717, 1.165) is 49.5 Å². The van der Waals surface area contributed by atoms with E-state index >= 15 is 0 Å². The molecular weight excluding hydrogens is 498 g/mol. The van der Waals surface area contributed by atoms with Crippen molar-refractivity contribution in [2.45, 2.75) is 20.4 Å². The van der Waals surface area contributed by atoms with Crippen LogP contribution in [0.4, 0.5) is 5.69 Å². The van der Waals surface area contributed by atoms with Crippen LogP contribution in [0.25, 0.3) is 0 Å². The fourth-order valence-corrected chi connectivity index (χ4v) is 5.62. The number of para-hydroxylation sites is 1. The van der Waals surface area contributed by atoms with Crippen molar-refractivity contribution in [1.29, 1.82) is 16.1 Å². The van der Waals surface area contributed by atoms with Crippen LogP contribution in [-0.2, 0) is 6.54 Å². The van der Waals surface area contributed by atoms with Gasteiger partial charge in [-0.25, -0.2) is 0 Å². The van der Waals surface area contributed by atoms with Gasteiger partial charge in [0.25, 0.3) is 5.91 Å². The maximum atomic E-state index is 13.6. The molecule has 204 valence electrons. The van der Waals surface area contributed by atoms with Crippen LogP contribution in [0.15, 0.2) is 66.7 Å². The predicted octanol–water partition coefficient (Wildman–Crippen LogP) is 4.26. The van der Waals surface area contributed by atoms with Crippen LogP contribution in [0.3, 0.4) is 0 Å². The summed E-state index contributed by atoms with van der Waals surface area (Å²) >= 11 is 0. The Hall–Kier alpha value is -4.48. The summed E-state index contributed by atoms with van der Waals surface area (Å²) in [6, 6.07) is 23.4. The molecule has 2 N–H and O–H groups in total. The third kappa shape index (κ3) is 5.47. The highest BCUT2D eigenvalue weighted by atomic mass is 16.2. The van der Waals surface area contributed by atoms with Crippen molar-refractivity contribution in [1.82, 2.24) is 14.7 Å². The van der Waals surface area contributed by atoms with Gasteiger partial charge in [0.2, 0.25) is 0 Å². The third-order valence-electron chi connectivity index (χ3n) is 8.05. The number of rotatable bonds is 5. The summed E-state index contributed by atoms with van der Waals surface area (Å²) in [6.45, 7) is 9.42. The molecule has 2 fully saturated rings. The summed E-state index contributed by atoms with van der Waals surface area (Å²) in [6.07, 6.45) is 0. The Kier molecular flexibility index (Phi) is 7.94. The summed E-state index contributed by atoms with van der Waals surface area (Å²) in [4.78, 5) is 21.7. The van der Waals surface area contributed by atoms with Crippen LogP contribution < -0.4 is 4.90 Å². The molecular formula is C32H35N7O. The summed E-state index contributed by atoms with van der Waals surface area (Å²) in [7, 11) is 0. The van der Waals surface area contributed by atoms with E-state index in [4.69, 9.17) is 10.8 Å². The monoisotopic (exact) mass is 533 g/mol. The van der Waals surface area contributed by atoms with Crippen molar-refractivity contribution in [3.63, 3.8) is 0 Å². The maximum Gasteiger partial charge on any atom is 0.254 e. The number of anilines is 1. The van der Waals surface area contributed by atoms with Gasteiger partial charge in [-0.3, -0.25) is 20.5 Å². The second kappa shape index (κ2) is 11.7. The van der Waals surface area contributed by atoms with Gasteiger partial charge in [-0.1, -0.05) is 48.5 Å². The van der Waals surface area contributed by atoms with Gasteiger partial charge in [-0.2, -0.15) is 5.26 Å². The smallest absolute Gasteiger partial charge is 0.254 e. The number of aryl methyl sites for hydroxylation is 1. The first kappa shape index (κ1) is 27.1. The van der Waals surface area contributed by atoms with Crippen LogP contribution >= 0.6 is 0 Å². The van der Waals surface area contributed by atoms with E-state index in [0.29, 0.717) is 30.1 Å². The standard InChI is InChI=1S/C32H35N7O/c1-23-12-13-27(32(40)38-18-19-39(30(34)22-38)31(35)25-8-4-3-5-9-25)24(2)28(23)21-36-14-16-37(17-15-36)29-11-7-6-10-26(29)20-33/h3-13,34-35H,14-19,21-22H2,1-2H3. The van der Waals surface area contributed by atoms with Gasteiger partial charge in [0, 0.05) is 56.9 Å². The van der Waals surface area contributed by atoms with Crippen molar-refractivity contribution >= 4 is 23.3 Å². The lowest BCUT2D eigenvalue weighted by Crippen LogP contribution is -2.54. The Morgan fingerprint density at radius 1 is 0.900 bits per heavy atom. The molecule has 0 unspecified atom stereocenters. The second-order valence-electron chi connectivity index (χ2n) is 10.5. The number of piperazine rings is 2. The Bertz CT molecular complexity index is 1470. The van der Waals surface area contributed by atoms with Gasteiger partial charge in [-0.05, 0) is 48.7 Å². The van der Waals surface area contributed by atoms with E-state index in [9.17, 15) is 10.1 Å². The number of carbonyl (C=O) groups is 1. The lowest BCUT2D eigenvalue weighted by Gasteiger charge is -2.37. The molecule has 0 aliphatic carbocycles. The minimum Gasteiger partial charge on any atom is -0.368 e. The highest BCUT2D eigenvalue weighted by molar-refractivity contribution is 6.09. The van der Waals surface area contributed by atoms with Crippen LogP contribution in [0.1, 0.15) is 38.2 Å². The first-order valence-corrected chi connectivity index (χ1v) is 13.7. The molecule has 2 heterocycles. The first-order chi connectivity index (χ1) is 19.4. The Morgan fingerprint density at radius 3 is 2.30 bits per heavy atom. The Morgan fingerprint density at radius 2 is 1.60 bits per heavy atom. The molecule has 2 aliphatic rings. The molecule has 5 rings (SSSR count). The van der Waals surface area contributed by atoms with Gasteiger partial charge < -0.3 is 14.7 Å². The normalized spacial score (nSPS) is 16.1. The van der Waals surface area contributed by atoms with E-state index in [2.05, 4.69) is 22.8 Å². The van der Waals surface area contributed by atoms with E-state index in [1.807, 2.05) is 73.7 Å². The largest absolute Gasteiger partial charge is 0.368 e. The minimum absolute atomic E-state index is 0.0627. The van der Waals surface area contributed by atoms with E-state index < -0.39 is 0 Å². The third-order valence-corrected chi connectivity index (χ3v) is 8.05. The first-order valence-electron chi connectivity index (χ1n) is 13.7. The highest BCUT2D eigenvalue weighted by Gasteiger charge is 2.29. The van der Waals surface area contributed by atoms with Crippen LogP contribution in [0, 0.1) is 36.0 Å². The van der Waals surface area contributed by atoms with Gasteiger partial charge in [0.15, 0.2) is 0 Å². The van der Waals surface area contributed by atoms with Gasteiger partial charge in [-0.15, -0.1) is 0 Å². The molecule has 0 atom stereocenters. The average Bonchev–Trinajstić information content (AvgIpc) is 2.99. The van der Waals surface area contributed by atoms with E-state index in [1.54, 1.807) is 9.80 Å². The molecule has 40 heavy (non-hydrogen) atoms. The van der Waals surface area contributed by atoms with Crippen molar-refractivity contribution in [2.24, 2.45) is 0 Å². The lowest BCUT2D eigenvalue weighted by atomic mass is 9.96. The quantitative estimate of drug-likeness (QED) is 0.377. The Labute approximate surface area is 236 Å². The van der Waals surface area contributed by atoms with Crippen molar-refractivity contribution in [2.75, 3.05) is 50.7 Å². The summed E-state index contributed by atoms with van der Waals surface area (Å²) in [5, 5.41) is 26.6. The van der Waals surface area contributed by atoms with Crippen LogP contribution in [0.5, 0.6) is 0 Å². The minimum atomic E-state index is -0.0627. The molecule has 0 radical (unpaired) electrons. The van der Waals surface area contributed by atoms with Crippen molar-refractivity contribution in [3.05, 3.63) is 100 Å². The summed E-state index contributed by atoms with van der Waals surface area (Å²) in [5.41, 5.74) is 6.49. The number of hydrogen-bond acceptors (Lipinski definition) is 6. The molecule has 3 aromatic rings. The number of nitriles is 1. The number of nitrogens with zero attached hydrogens (tertiary/aromatic N) is 5. The fourth-order valence-electron chi connectivity index (χ4n) is 5.62. The zero-order valence-corrected chi connectivity index (χ0v) is 23.2. The number of carbonyl (C=O) groups excluding carboxylic acids is 1. The van der Waals surface area contributed by atoms with E-state index in [1.165, 1.54) is 11.1 Å². The molecule has 0 spiro atoms. The number of hydrogen-bond donors (Lipinski definition) is 2. The zero-order chi connectivity index (χ0) is 28.2. The van der Waals surface area contributed by atoms with E-state index in [-0.39, 0.29) is 18.3 Å². The topological polar surface area (TPSA) is 102 Å². The van der Waals surface area contributed by atoms with Gasteiger partial charge >= 0.3 is 0 Å². The number of nitrogens with one attached hydrogen (secondary N) is 2.